The average molecular weight is 209 g/mol. The number of rotatable bonds is 1. The van der Waals surface area contributed by atoms with Crippen LogP contribution in [-0.2, 0) is 6.54 Å². The van der Waals surface area contributed by atoms with Gasteiger partial charge in [0.1, 0.15) is 0 Å². The summed E-state index contributed by atoms with van der Waals surface area (Å²) in [6, 6.07) is 6.65. The first-order valence-corrected chi connectivity index (χ1v) is 4.60. The van der Waals surface area contributed by atoms with E-state index in [2.05, 4.69) is 0 Å². The van der Waals surface area contributed by atoms with Gasteiger partial charge >= 0.3 is 0 Å². The highest BCUT2D eigenvalue weighted by atomic mass is 35.5. The van der Waals surface area contributed by atoms with Crippen LogP contribution in [-0.4, -0.2) is 4.40 Å². The molecule has 2 N–H and O–H groups in total. The van der Waals surface area contributed by atoms with Crippen molar-refractivity contribution in [3.8, 4) is 0 Å². The predicted molar refractivity (Wildman–Crippen MR) is 56.6 cm³/mol. The fourth-order valence-electron chi connectivity index (χ4n) is 1.42. The van der Waals surface area contributed by atoms with Gasteiger partial charge in [-0.3, -0.25) is 9.20 Å². The summed E-state index contributed by atoms with van der Waals surface area (Å²) in [5.41, 5.74) is 7.16. The lowest BCUT2D eigenvalue weighted by Crippen LogP contribution is -2.14. The highest BCUT2D eigenvalue weighted by Gasteiger charge is 2.01. The molecule has 0 unspecified atom stereocenters. The fourth-order valence-corrected chi connectivity index (χ4v) is 1.58. The first kappa shape index (κ1) is 9.24. The van der Waals surface area contributed by atoms with Crippen LogP contribution in [0.3, 0.4) is 0 Å². The highest BCUT2D eigenvalue weighted by molar-refractivity contribution is 6.30. The quantitative estimate of drug-likeness (QED) is 0.771. The Morgan fingerprint density at radius 3 is 2.86 bits per heavy atom. The molecule has 0 bridgehead atoms. The van der Waals surface area contributed by atoms with Crippen LogP contribution >= 0.6 is 11.6 Å². The number of fused-ring (bicyclic) bond motifs is 1. The molecule has 0 amide bonds. The number of hydrogen-bond acceptors (Lipinski definition) is 2. The molecule has 2 aromatic rings. The van der Waals surface area contributed by atoms with E-state index in [4.69, 9.17) is 17.3 Å². The lowest BCUT2D eigenvalue weighted by molar-refractivity contribution is 1.02. The fraction of sp³-hybridized carbons (Fsp3) is 0.100. The minimum Gasteiger partial charge on any atom is -0.326 e. The molecule has 0 aliphatic rings. The van der Waals surface area contributed by atoms with Crippen molar-refractivity contribution in [3.63, 3.8) is 0 Å². The van der Waals surface area contributed by atoms with Crippen molar-refractivity contribution in [2.75, 3.05) is 0 Å². The first-order valence-electron chi connectivity index (χ1n) is 4.22. The Kier molecular flexibility index (Phi) is 2.27. The second-order valence-corrected chi connectivity index (χ2v) is 3.44. The zero-order valence-corrected chi connectivity index (χ0v) is 8.16. The third-order valence-electron chi connectivity index (χ3n) is 2.13. The Labute approximate surface area is 85.7 Å². The Morgan fingerprint density at radius 1 is 1.36 bits per heavy atom. The zero-order chi connectivity index (χ0) is 10.1. The number of halogens is 1. The van der Waals surface area contributed by atoms with E-state index in [0.717, 1.165) is 11.1 Å². The maximum atomic E-state index is 11.4. The summed E-state index contributed by atoms with van der Waals surface area (Å²) < 4.78 is 1.54. The average Bonchev–Trinajstić information content (AvgIpc) is 2.18. The van der Waals surface area contributed by atoms with Crippen LogP contribution in [0.5, 0.6) is 0 Å². The molecule has 3 nitrogen and oxygen atoms in total. The SMILES string of the molecule is NCc1ccc(=O)n2ccc(Cl)cc12. The highest BCUT2D eigenvalue weighted by Crippen LogP contribution is 2.14. The van der Waals surface area contributed by atoms with Gasteiger partial charge in [0.15, 0.2) is 0 Å². The first-order chi connectivity index (χ1) is 6.72. The summed E-state index contributed by atoms with van der Waals surface area (Å²) in [5, 5.41) is 0.602. The van der Waals surface area contributed by atoms with Crippen LogP contribution < -0.4 is 11.3 Å². The molecule has 2 rings (SSSR count). The molecule has 0 saturated carbocycles. The second-order valence-electron chi connectivity index (χ2n) is 3.00. The number of nitrogens with two attached hydrogens (primary N) is 1. The standard InChI is InChI=1S/C10H9ClN2O/c11-8-3-4-13-9(5-8)7(6-12)1-2-10(13)14/h1-5H,6,12H2. The summed E-state index contributed by atoms with van der Waals surface area (Å²) in [6.07, 6.45) is 1.65. The monoisotopic (exact) mass is 208 g/mol. The molecule has 72 valence electrons. The van der Waals surface area contributed by atoms with Gasteiger partial charge < -0.3 is 5.73 Å². The molecule has 0 radical (unpaired) electrons. The van der Waals surface area contributed by atoms with Crippen molar-refractivity contribution in [1.82, 2.24) is 4.40 Å². The lowest BCUT2D eigenvalue weighted by atomic mass is 10.2. The molecule has 0 aliphatic heterocycles. The lowest BCUT2D eigenvalue weighted by Gasteiger charge is -2.05. The molecule has 2 aromatic heterocycles. The second kappa shape index (κ2) is 3.44. The van der Waals surface area contributed by atoms with Gasteiger partial charge in [-0.1, -0.05) is 17.7 Å². The van der Waals surface area contributed by atoms with E-state index in [0.29, 0.717) is 11.6 Å². The zero-order valence-electron chi connectivity index (χ0n) is 7.40. The number of hydrogen-bond donors (Lipinski definition) is 1. The van der Waals surface area contributed by atoms with Crippen molar-refractivity contribution < 1.29 is 0 Å². The van der Waals surface area contributed by atoms with Crippen molar-refractivity contribution in [1.29, 1.82) is 0 Å². The van der Waals surface area contributed by atoms with Crippen LogP contribution in [0, 0.1) is 0 Å². The molecule has 0 aromatic carbocycles. The maximum Gasteiger partial charge on any atom is 0.255 e. The molecule has 0 fully saturated rings. The molecule has 0 saturated heterocycles. The molecule has 0 atom stereocenters. The smallest absolute Gasteiger partial charge is 0.255 e. The van der Waals surface area contributed by atoms with Crippen molar-refractivity contribution in [2.45, 2.75) is 6.54 Å². The number of aromatic nitrogens is 1. The van der Waals surface area contributed by atoms with Crippen LogP contribution in [0.2, 0.25) is 5.02 Å². The summed E-state index contributed by atoms with van der Waals surface area (Å²) >= 11 is 5.84. The van der Waals surface area contributed by atoms with Crippen molar-refractivity contribution in [2.24, 2.45) is 5.73 Å². The predicted octanol–water partition coefficient (Wildman–Crippen LogP) is 1.41. The van der Waals surface area contributed by atoms with Gasteiger partial charge in [-0.2, -0.15) is 0 Å². The van der Waals surface area contributed by atoms with Crippen molar-refractivity contribution in [3.05, 3.63) is 51.4 Å². The normalized spacial score (nSPS) is 10.7. The number of pyridine rings is 2. The molecule has 0 aliphatic carbocycles. The van der Waals surface area contributed by atoms with E-state index < -0.39 is 0 Å². The van der Waals surface area contributed by atoms with Gasteiger partial charge in [0.2, 0.25) is 0 Å². The van der Waals surface area contributed by atoms with E-state index in [1.54, 1.807) is 24.4 Å². The van der Waals surface area contributed by atoms with Gasteiger partial charge in [0.05, 0.1) is 5.52 Å². The van der Waals surface area contributed by atoms with Gasteiger partial charge in [-0.25, -0.2) is 0 Å². The van der Waals surface area contributed by atoms with E-state index in [9.17, 15) is 4.79 Å². The molecule has 14 heavy (non-hydrogen) atoms. The Balaban J connectivity index is 2.92. The molecule has 2 heterocycles. The van der Waals surface area contributed by atoms with Gasteiger partial charge in [0, 0.05) is 23.8 Å². The Bertz CT molecular complexity index is 533. The maximum absolute atomic E-state index is 11.4. The largest absolute Gasteiger partial charge is 0.326 e. The Morgan fingerprint density at radius 2 is 2.14 bits per heavy atom. The Hall–Kier alpha value is -1.32. The topological polar surface area (TPSA) is 47.5 Å². The summed E-state index contributed by atoms with van der Waals surface area (Å²) in [7, 11) is 0. The van der Waals surface area contributed by atoms with Gasteiger partial charge in [-0.05, 0) is 17.7 Å². The summed E-state index contributed by atoms with van der Waals surface area (Å²) in [4.78, 5) is 11.4. The van der Waals surface area contributed by atoms with E-state index in [-0.39, 0.29) is 5.56 Å². The third kappa shape index (κ3) is 1.41. The minimum absolute atomic E-state index is 0.0751. The molecular formula is C10H9ClN2O. The van der Waals surface area contributed by atoms with E-state index >= 15 is 0 Å². The summed E-state index contributed by atoms with van der Waals surface area (Å²) in [6.45, 7) is 0.393. The minimum atomic E-state index is -0.0751. The van der Waals surface area contributed by atoms with E-state index in [1.165, 1.54) is 10.5 Å². The van der Waals surface area contributed by atoms with Gasteiger partial charge in [0.25, 0.3) is 5.56 Å². The van der Waals surface area contributed by atoms with Crippen LogP contribution in [0.4, 0.5) is 0 Å². The van der Waals surface area contributed by atoms with Crippen LogP contribution in [0.25, 0.3) is 5.52 Å². The third-order valence-corrected chi connectivity index (χ3v) is 2.37. The molecule has 0 spiro atoms. The van der Waals surface area contributed by atoms with Gasteiger partial charge in [-0.15, -0.1) is 0 Å². The van der Waals surface area contributed by atoms with Crippen LogP contribution in [0.1, 0.15) is 5.56 Å². The number of nitrogens with zero attached hydrogens (tertiary/aromatic N) is 1. The van der Waals surface area contributed by atoms with Crippen molar-refractivity contribution >= 4 is 17.1 Å². The molecular weight excluding hydrogens is 200 g/mol. The summed E-state index contributed by atoms with van der Waals surface area (Å²) in [5.74, 6) is 0. The van der Waals surface area contributed by atoms with Crippen LogP contribution in [0.15, 0.2) is 35.3 Å². The van der Waals surface area contributed by atoms with E-state index in [1.807, 2.05) is 0 Å². The molecule has 4 heteroatoms.